The Balaban J connectivity index is 2.03. The van der Waals surface area contributed by atoms with E-state index in [0.717, 1.165) is 18.4 Å². The predicted octanol–water partition coefficient (Wildman–Crippen LogP) is 4.34. The molecule has 0 radical (unpaired) electrons. The summed E-state index contributed by atoms with van der Waals surface area (Å²) in [4.78, 5) is 11.8. The van der Waals surface area contributed by atoms with Gasteiger partial charge in [-0.15, -0.1) is 0 Å². The van der Waals surface area contributed by atoms with E-state index in [2.05, 4.69) is 12.1 Å². The number of amides is 1. The van der Waals surface area contributed by atoms with E-state index in [9.17, 15) is 4.79 Å². The molecule has 0 bridgehead atoms. The number of carbonyl (C=O) groups excluding carboxylic acids is 1. The Morgan fingerprint density at radius 1 is 1.09 bits per heavy atom. The second-order valence-electron chi connectivity index (χ2n) is 5.58. The van der Waals surface area contributed by atoms with Gasteiger partial charge in [0.25, 0.3) is 5.91 Å². The highest BCUT2D eigenvalue weighted by molar-refractivity contribution is 5.99. The maximum absolute atomic E-state index is 11.8. The lowest BCUT2D eigenvalue weighted by atomic mass is 10.0. The largest absolute Gasteiger partial charge is 0.365 e. The fourth-order valence-corrected chi connectivity index (χ4v) is 2.61. The Morgan fingerprint density at radius 2 is 1.77 bits per heavy atom. The Kier molecular flexibility index (Phi) is 6.19. The van der Waals surface area contributed by atoms with E-state index in [0.29, 0.717) is 23.4 Å². The molecular formula is C18H24N2O2. The molecule has 0 aliphatic heterocycles. The van der Waals surface area contributed by atoms with E-state index in [4.69, 9.17) is 10.3 Å². The zero-order valence-electron chi connectivity index (χ0n) is 13.2. The van der Waals surface area contributed by atoms with Gasteiger partial charge in [-0.2, -0.15) is 0 Å². The Hall–Kier alpha value is -2.10. The molecule has 118 valence electrons. The first-order valence-corrected chi connectivity index (χ1v) is 8.07. The number of aromatic nitrogens is 1. The molecule has 4 nitrogen and oxygen atoms in total. The quantitative estimate of drug-likeness (QED) is 0.700. The summed E-state index contributed by atoms with van der Waals surface area (Å²) in [6, 6.07) is 9.53. The SMILES string of the molecule is CCCCCCCCc1onc(-c2ccccc2)c1C(N)=O. The summed E-state index contributed by atoms with van der Waals surface area (Å²) in [5.41, 5.74) is 7.36. The van der Waals surface area contributed by atoms with E-state index in [1.807, 2.05) is 30.3 Å². The zero-order chi connectivity index (χ0) is 15.8. The molecule has 2 aromatic rings. The Bertz CT molecular complexity index is 590. The van der Waals surface area contributed by atoms with E-state index in [1.165, 1.54) is 25.7 Å². The van der Waals surface area contributed by atoms with Crippen LogP contribution in [0.2, 0.25) is 0 Å². The van der Waals surface area contributed by atoms with Gasteiger partial charge >= 0.3 is 0 Å². The fourth-order valence-electron chi connectivity index (χ4n) is 2.61. The highest BCUT2D eigenvalue weighted by atomic mass is 16.5. The third kappa shape index (κ3) is 4.20. The van der Waals surface area contributed by atoms with Crippen LogP contribution in [0.15, 0.2) is 34.9 Å². The van der Waals surface area contributed by atoms with Crippen LogP contribution in [0.4, 0.5) is 0 Å². The lowest BCUT2D eigenvalue weighted by Crippen LogP contribution is -2.13. The van der Waals surface area contributed by atoms with Crippen LogP contribution in [-0.4, -0.2) is 11.1 Å². The van der Waals surface area contributed by atoms with Crippen molar-refractivity contribution in [3.63, 3.8) is 0 Å². The molecule has 0 saturated carbocycles. The average molecular weight is 300 g/mol. The van der Waals surface area contributed by atoms with Gasteiger partial charge < -0.3 is 10.3 Å². The summed E-state index contributed by atoms with van der Waals surface area (Å²) in [5.74, 6) is 0.142. The lowest BCUT2D eigenvalue weighted by molar-refractivity contribution is 0.0999. The molecule has 0 aliphatic rings. The summed E-state index contributed by atoms with van der Waals surface area (Å²) >= 11 is 0. The van der Waals surface area contributed by atoms with Crippen molar-refractivity contribution < 1.29 is 9.32 Å². The molecule has 2 rings (SSSR count). The van der Waals surface area contributed by atoms with E-state index in [-0.39, 0.29) is 0 Å². The van der Waals surface area contributed by atoms with Gasteiger partial charge in [-0.25, -0.2) is 0 Å². The number of hydrogen-bond donors (Lipinski definition) is 1. The van der Waals surface area contributed by atoms with Crippen LogP contribution in [0.5, 0.6) is 0 Å². The van der Waals surface area contributed by atoms with E-state index < -0.39 is 5.91 Å². The molecule has 1 amide bonds. The number of unbranched alkanes of at least 4 members (excludes halogenated alkanes) is 5. The number of rotatable bonds is 9. The van der Waals surface area contributed by atoms with Crippen molar-refractivity contribution in [1.29, 1.82) is 0 Å². The van der Waals surface area contributed by atoms with Gasteiger partial charge in [-0.05, 0) is 6.42 Å². The molecule has 1 aromatic carbocycles. The van der Waals surface area contributed by atoms with Crippen LogP contribution < -0.4 is 5.73 Å². The maximum Gasteiger partial charge on any atom is 0.254 e. The molecule has 0 aliphatic carbocycles. The highest BCUT2D eigenvalue weighted by Gasteiger charge is 2.21. The van der Waals surface area contributed by atoms with Crippen LogP contribution >= 0.6 is 0 Å². The number of hydrogen-bond acceptors (Lipinski definition) is 3. The van der Waals surface area contributed by atoms with Crippen molar-refractivity contribution >= 4 is 5.91 Å². The molecule has 0 saturated heterocycles. The topological polar surface area (TPSA) is 69.1 Å². The molecule has 1 heterocycles. The van der Waals surface area contributed by atoms with Gasteiger partial charge in [-0.3, -0.25) is 4.79 Å². The van der Waals surface area contributed by atoms with Gasteiger partial charge in [0.1, 0.15) is 17.0 Å². The first-order chi connectivity index (χ1) is 10.7. The van der Waals surface area contributed by atoms with Crippen molar-refractivity contribution in [3.05, 3.63) is 41.7 Å². The first kappa shape index (κ1) is 16.3. The third-order valence-corrected chi connectivity index (χ3v) is 3.81. The molecule has 0 spiro atoms. The first-order valence-electron chi connectivity index (χ1n) is 8.07. The second kappa shape index (κ2) is 8.37. The van der Waals surface area contributed by atoms with Gasteiger partial charge in [0.05, 0.1) is 0 Å². The van der Waals surface area contributed by atoms with E-state index in [1.54, 1.807) is 0 Å². The average Bonchev–Trinajstić information content (AvgIpc) is 2.96. The molecule has 22 heavy (non-hydrogen) atoms. The number of nitrogens with zero attached hydrogens (tertiary/aromatic N) is 1. The molecular weight excluding hydrogens is 276 g/mol. The summed E-state index contributed by atoms with van der Waals surface area (Å²) in [7, 11) is 0. The molecule has 4 heteroatoms. The van der Waals surface area contributed by atoms with Gasteiger partial charge in [-0.1, -0.05) is 74.5 Å². The van der Waals surface area contributed by atoms with Crippen LogP contribution in [0.3, 0.4) is 0 Å². The summed E-state index contributed by atoms with van der Waals surface area (Å²) in [5, 5.41) is 4.06. The second-order valence-corrected chi connectivity index (χ2v) is 5.58. The van der Waals surface area contributed by atoms with Crippen LogP contribution in [-0.2, 0) is 6.42 Å². The van der Waals surface area contributed by atoms with E-state index >= 15 is 0 Å². The predicted molar refractivity (Wildman–Crippen MR) is 87.5 cm³/mol. The monoisotopic (exact) mass is 300 g/mol. The molecule has 1 aromatic heterocycles. The minimum Gasteiger partial charge on any atom is -0.365 e. The third-order valence-electron chi connectivity index (χ3n) is 3.81. The minimum absolute atomic E-state index is 0.430. The lowest BCUT2D eigenvalue weighted by Gasteiger charge is -2.01. The summed E-state index contributed by atoms with van der Waals surface area (Å²) in [6.07, 6.45) is 7.86. The molecule has 2 N–H and O–H groups in total. The number of aryl methyl sites for hydroxylation is 1. The van der Waals surface area contributed by atoms with Crippen LogP contribution in [0.1, 0.15) is 61.6 Å². The minimum atomic E-state index is -0.471. The standard InChI is InChI=1S/C18H24N2O2/c1-2-3-4-5-6-10-13-15-16(18(19)21)17(20-22-15)14-11-8-7-9-12-14/h7-9,11-12H,2-6,10,13H2,1H3,(H2,19,21). The summed E-state index contributed by atoms with van der Waals surface area (Å²) < 4.78 is 5.39. The molecule has 0 atom stereocenters. The van der Waals surface area contributed by atoms with Crippen molar-refractivity contribution in [3.8, 4) is 11.3 Å². The van der Waals surface area contributed by atoms with Gasteiger partial charge in [0.2, 0.25) is 0 Å². The number of nitrogens with two attached hydrogens (primary N) is 1. The zero-order valence-corrected chi connectivity index (χ0v) is 13.2. The van der Waals surface area contributed by atoms with Crippen LogP contribution in [0, 0.1) is 0 Å². The van der Waals surface area contributed by atoms with Crippen molar-refractivity contribution in [2.75, 3.05) is 0 Å². The number of primary amides is 1. The maximum atomic E-state index is 11.8. The van der Waals surface area contributed by atoms with Gasteiger partial charge in [0, 0.05) is 12.0 Å². The molecule has 0 fully saturated rings. The van der Waals surface area contributed by atoms with Gasteiger partial charge in [0.15, 0.2) is 0 Å². The van der Waals surface area contributed by atoms with Crippen molar-refractivity contribution in [2.45, 2.75) is 51.9 Å². The van der Waals surface area contributed by atoms with Crippen molar-refractivity contribution in [2.24, 2.45) is 5.73 Å². The Labute approximate surface area is 131 Å². The van der Waals surface area contributed by atoms with Crippen molar-refractivity contribution in [1.82, 2.24) is 5.16 Å². The number of carbonyl (C=O) groups is 1. The fraction of sp³-hybridized carbons (Fsp3) is 0.444. The normalized spacial score (nSPS) is 10.8. The summed E-state index contributed by atoms with van der Waals surface area (Å²) in [6.45, 7) is 2.21. The molecule has 0 unspecified atom stereocenters. The van der Waals surface area contributed by atoms with Crippen LogP contribution in [0.25, 0.3) is 11.3 Å². The Morgan fingerprint density at radius 3 is 2.45 bits per heavy atom. The number of benzene rings is 1. The highest BCUT2D eigenvalue weighted by Crippen LogP contribution is 2.26. The smallest absolute Gasteiger partial charge is 0.254 e.